The monoisotopic (exact) mass is 406 g/mol. The summed E-state index contributed by atoms with van der Waals surface area (Å²) in [7, 11) is 0. The number of amides is 3. The summed E-state index contributed by atoms with van der Waals surface area (Å²) >= 11 is 3.92. The SMILES string of the molecule is CCC(C)C(NC(=O)CNC(=O)C(CS)NC(=O)C(N)CC(=O)O)C(=O)O. The van der Waals surface area contributed by atoms with E-state index in [9.17, 15) is 24.0 Å². The van der Waals surface area contributed by atoms with Crippen molar-refractivity contribution in [1.82, 2.24) is 16.0 Å². The zero-order chi connectivity index (χ0) is 21.1. The van der Waals surface area contributed by atoms with Gasteiger partial charge < -0.3 is 31.9 Å². The summed E-state index contributed by atoms with van der Waals surface area (Å²) in [5, 5.41) is 24.5. The highest BCUT2D eigenvalue weighted by Crippen LogP contribution is 2.07. The first-order valence-corrected chi connectivity index (χ1v) is 8.85. The highest BCUT2D eigenvalue weighted by Gasteiger charge is 2.27. The number of nitrogens with one attached hydrogen (secondary N) is 3. The number of rotatable bonds is 12. The Morgan fingerprint density at radius 1 is 1.07 bits per heavy atom. The van der Waals surface area contributed by atoms with Crippen LogP contribution in [0.2, 0.25) is 0 Å². The molecular formula is C15H26N4O7S. The molecule has 0 heterocycles. The molecule has 0 saturated heterocycles. The minimum Gasteiger partial charge on any atom is -0.481 e. The van der Waals surface area contributed by atoms with Gasteiger partial charge in [0.1, 0.15) is 12.1 Å². The summed E-state index contributed by atoms with van der Waals surface area (Å²) in [4.78, 5) is 57.4. The number of carboxylic acids is 2. The van der Waals surface area contributed by atoms with E-state index in [1.807, 2.05) is 0 Å². The normalized spacial score (nSPS) is 15.0. The second-order valence-corrected chi connectivity index (χ2v) is 6.30. The Labute approximate surface area is 161 Å². The van der Waals surface area contributed by atoms with Gasteiger partial charge in [-0.3, -0.25) is 19.2 Å². The van der Waals surface area contributed by atoms with E-state index in [4.69, 9.17) is 15.9 Å². The number of hydrogen-bond donors (Lipinski definition) is 7. The largest absolute Gasteiger partial charge is 0.481 e. The Morgan fingerprint density at radius 2 is 1.67 bits per heavy atom. The molecule has 4 atom stereocenters. The van der Waals surface area contributed by atoms with Crippen molar-refractivity contribution in [2.24, 2.45) is 11.7 Å². The molecule has 12 heteroatoms. The Bertz CT molecular complexity index is 572. The molecule has 7 N–H and O–H groups in total. The summed E-state index contributed by atoms with van der Waals surface area (Å²) in [5.74, 6) is -5.17. The summed E-state index contributed by atoms with van der Waals surface area (Å²) in [5.41, 5.74) is 5.40. The van der Waals surface area contributed by atoms with Crippen LogP contribution in [0.3, 0.4) is 0 Å². The van der Waals surface area contributed by atoms with E-state index in [-0.39, 0.29) is 11.7 Å². The van der Waals surface area contributed by atoms with Crippen LogP contribution >= 0.6 is 12.6 Å². The van der Waals surface area contributed by atoms with E-state index in [1.54, 1.807) is 13.8 Å². The van der Waals surface area contributed by atoms with Crippen LogP contribution in [-0.2, 0) is 24.0 Å². The maximum absolute atomic E-state index is 12.0. The second kappa shape index (κ2) is 12.1. The predicted octanol–water partition coefficient (Wildman–Crippen LogP) is -2.07. The zero-order valence-electron chi connectivity index (χ0n) is 15.1. The quantitative estimate of drug-likeness (QED) is 0.180. The topological polar surface area (TPSA) is 188 Å². The van der Waals surface area contributed by atoms with Crippen molar-refractivity contribution in [3.8, 4) is 0 Å². The molecule has 4 unspecified atom stereocenters. The van der Waals surface area contributed by atoms with Gasteiger partial charge in [-0.25, -0.2) is 4.79 Å². The van der Waals surface area contributed by atoms with Gasteiger partial charge in [-0.15, -0.1) is 0 Å². The number of carboxylic acid groups (broad SMARTS) is 2. The molecule has 0 spiro atoms. The fourth-order valence-electron chi connectivity index (χ4n) is 1.95. The van der Waals surface area contributed by atoms with Crippen LogP contribution in [0.4, 0.5) is 0 Å². The highest BCUT2D eigenvalue weighted by atomic mass is 32.1. The van der Waals surface area contributed by atoms with Gasteiger partial charge in [-0.1, -0.05) is 20.3 Å². The van der Waals surface area contributed by atoms with Gasteiger partial charge in [-0.2, -0.15) is 12.6 Å². The average molecular weight is 406 g/mol. The van der Waals surface area contributed by atoms with Crippen molar-refractivity contribution in [2.75, 3.05) is 12.3 Å². The van der Waals surface area contributed by atoms with Crippen molar-refractivity contribution in [1.29, 1.82) is 0 Å². The molecule has 0 radical (unpaired) electrons. The Hall–Kier alpha value is -2.34. The molecular weight excluding hydrogens is 380 g/mol. The number of carbonyl (C=O) groups is 5. The minimum atomic E-state index is -1.34. The molecule has 0 bridgehead atoms. The summed E-state index contributed by atoms with van der Waals surface area (Å²) < 4.78 is 0. The van der Waals surface area contributed by atoms with Gasteiger partial charge in [-0.05, 0) is 5.92 Å². The smallest absolute Gasteiger partial charge is 0.326 e. The molecule has 27 heavy (non-hydrogen) atoms. The van der Waals surface area contributed by atoms with Crippen LogP contribution in [0.1, 0.15) is 26.7 Å². The van der Waals surface area contributed by atoms with Gasteiger partial charge in [0.2, 0.25) is 17.7 Å². The number of carbonyl (C=O) groups excluding carboxylic acids is 3. The number of thiol groups is 1. The molecule has 0 aliphatic heterocycles. The summed E-state index contributed by atoms with van der Waals surface area (Å²) in [6.07, 6.45) is -0.0741. The van der Waals surface area contributed by atoms with Crippen molar-refractivity contribution >= 4 is 42.3 Å². The maximum atomic E-state index is 12.0. The molecule has 154 valence electrons. The lowest BCUT2D eigenvalue weighted by Gasteiger charge is -2.21. The van der Waals surface area contributed by atoms with Crippen LogP contribution in [0.5, 0.6) is 0 Å². The van der Waals surface area contributed by atoms with Gasteiger partial charge in [0, 0.05) is 5.75 Å². The standard InChI is InChI=1S/C15H26N4O7S/c1-3-7(2)12(15(25)26)19-10(20)5-17-14(24)9(6-27)18-13(23)8(16)4-11(21)22/h7-9,12,27H,3-6,16H2,1-2H3,(H,17,24)(H,18,23)(H,19,20)(H,21,22)(H,25,26). The van der Waals surface area contributed by atoms with E-state index in [0.29, 0.717) is 6.42 Å². The van der Waals surface area contributed by atoms with Crippen LogP contribution in [0, 0.1) is 5.92 Å². The molecule has 0 aromatic heterocycles. The van der Waals surface area contributed by atoms with Crippen molar-refractivity contribution in [3.05, 3.63) is 0 Å². The van der Waals surface area contributed by atoms with Gasteiger partial charge in [0.15, 0.2) is 0 Å². The third kappa shape index (κ3) is 9.24. The first-order valence-electron chi connectivity index (χ1n) is 8.21. The van der Waals surface area contributed by atoms with Crippen LogP contribution < -0.4 is 21.7 Å². The Balaban J connectivity index is 4.63. The van der Waals surface area contributed by atoms with Gasteiger partial charge in [0.25, 0.3) is 0 Å². The molecule has 0 saturated carbocycles. The fourth-order valence-corrected chi connectivity index (χ4v) is 2.21. The molecule has 0 rings (SSSR count). The van der Waals surface area contributed by atoms with E-state index < -0.39 is 60.8 Å². The van der Waals surface area contributed by atoms with E-state index in [2.05, 4.69) is 28.6 Å². The average Bonchev–Trinajstić information content (AvgIpc) is 2.60. The summed E-state index contributed by atoms with van der Waals surface area (Å²) in [6, 6.07) is -3.57. The Kier molecular flexibility index (Phi) is 11.1. The first kappa shape index (κ1) is 24.7. The Morgan fingerprint density at radius 3 is 2.11 bits per heavy atom. The van der Waals surface area contributed by atoms with Crippen molar-refractivity contribution in [2.45, 2.75) is 44.8 Å². The molecule has 0 fully saturated rings. The van der Waals surface area contributed by atoms with Gasteiger partial charge in [0.05, 0.1) is 19.0 Å². The van der Waals surface area contributed by atoms with Crippen LogP contribution in [-0.4, -0.2) is 70.3 Å². The maximum Gasteiger partial charge on any atom is 0.326 e. The molecule has 0 aliphatic rings. The molecule has 0 aliphatic carbocycles. The predicted molar refractivity (Wildman–Crippen MR) is 98.0 cm³/mol. The lowest BCUT2D eigenvalue weighted by molar-refractivity contribution is -0.143. The minimum absolute atomic E-state index is 0.121. The highest BCUT2D eigenvalue weighted by molar-refractivity contribution is 7.80. The summed E-state index contributed by atoms with van der Waals surface area (Å²) in [6.45, 7) is 2.95. The van der Waals surface area contributed by atoms with E-state index in [0.717, 1.165) is 0 Å². The number of aliphatic carboxylic acids is 2. The molecule has 0 aromatic rings. The zero-order valence-corrected chi connectivity index (χ0v) is 16.0. The van der Waals surface area contributed by atoms with Crippen molar-refractivity contribution in [3.63, 3.8) is 0 Å². The molecule has 0 aromatic carbocycles. The van der Waals surface area contributed by atoms with E-state index >= 15 is 0 Å². The molecule has 11 nitrogen and oxygen atoms in total. The lowest BCUT2D eigenvalue weighted by atomic mass is 9.99. The molecule has 3 amide bonds. The van der Waals surface area contributed by atoms with Crippen molar-refractivity contribution < 1.29 is 34.2 Å². The third-order valence-corrected chi connectivity index (χ3v) is 4.13. The van der Waals surface area contributed by atoms with E-state index in [1.165, 1.54) is 0 Å². The fraction of sp³-hybridized carbons (Fsp3) is 0.667. The van der Waals surface area contributed by atoms with Gasteiger partial charge >= 0.3 is 11.9 Å². The van der Waals surface area contributed by atoms with Crippen LogP contribution in [0.25, 0.3) is 0 Å². The third-order valence-electron chi connectivity index (χ3n) is 3.77. The second-order valence-electron chi connectivity index (χ2n) is 5.93. The number of nitrogens with two attached hydrogens (primary N) is 1. The number of hydrogen-bond acceptors (Lipinski definition) is 7. The van der Waals surface area contributed by atoms with Crippen LogP contribution in [0.15, 0.2) is 0 Å². The lowest BCUT2D eigenvalue weighted by Crippen LogP contribution is -2.54. The first-order chi connectivity index (χ1) is 12.5.